The Bertz CT molecular complexity index is 668. The van der Waals surface area contributed by atoms with Crippen LogP contribution in [0.3, 0.4) is 0 Å². The van der Waals surface area contributed by atoms with Crippen LogP contribution < -0.4 is 4.90 Å². The molecule has 1 aliphatic heterocycles. The molecule has 2 aromatic rings. The van der Waals surface area contributed by atoms with Crippen molar-refractivity contribution >= 4 is 23.4 Å². The highest BCUT2D eigenvalue weighted by Gasteiger charge is 2.26. The lowest BCUT2D eigenvalue weighted by molar-refractivity contribution is -0.130. The Balaban J connectivity index is 1.55. The topological polar surface area (TPSA) is 67.2 Å². The van der Waals surface area contributed by atoms with Gasteiger partial charge in [0.2, 0.25) is 11.1 Å². The lowest BCUT2D eigenvalue weighted by Crippen LogP contribution is -2.50. The molecule has 0 radical (unpaired) electrons. The number of tetrazole rings is 1. The molecule has 0 bridgehead atoms. The van der Waals surface area contributed by atoms with Gasteiger partial charge in [-0.2, -0.15) is 0 Å². The molecule has 2 heterocycles. The highest BCUT2D eigenvalue weighted by Crippen LogP contribution is 2.23. The largest absolute Gasteiger partial charge is 0.368 e. The van der Waals surface area contributed by atoms with Crippen molar-refractivity contribution in [2.75, 3.05) is 31.1 Å². The number of carbonyl (C=O) groups is 1. The summed E-state index contributed by atoms with van der Waals surface area (Å²) in [6, 6.07) is 10.3. The molecular formula is C16H22N6OS. The first-order chi connectivity index (χ1) is 11.7. The van der Waals surface area contributed by atoms with Crippen molar-refractivity contribution in [1.29, 1.82) is 0 Å². The summed E-state index contributed by atoms with van der Waals surface area (Å²) in [5.41, 5.74) is 1.22. The molecular weight excluding hydrogens is 324 g/mol. The molecule has 1 aromatic carbocycles. The number of anilines is 1. The Morgan fingerprint density at radius 3 is 2.58 bits per heavy atom. The molecule has 0 aliphatic carbocycles. The van der Waals surface area contributed by atoms with E-state index in [1.807, 2.05) is 36.9 Å². The average Bonchev–Trinajstić information content (AvgIpc) is 3.09. The summed E-state index contributed by atoms with van der Waals surface area (Å²) in [5.74, 6) is 0.151. The second-order valence-electron chi connectivity index (χ2n) is 5.69. The summed E-state index contributed by atoms with van der Waals surface area (Å²) in [6.45, 7) is 7.82. The van der Waals surface area contributed by atoms with E-state index in [4.69, 9.17) is 0 Å². The SMILES string of the molecule is CCn1nnnc1S[C@@H](C)C(=O)N1CCN(c2ccccc2)CC1. The van der Waals surface area contributed by atoms with Crippen molar-refractivity contribution in [3.8, 4) is 0 Å². The molecule has 3 rings (SSSR count). The highest BCUT2D eigenvalue weighted by molar-refractivity contribution is 8.00. The number of para-hydroxylation sites is 1. The number of carbonyl (C=O) groups excluding carboxylic acids is 1. The Morgan fingerprint density at radius 1 is 1.21 bits per heavy atom. The van der Waals surface area contributed by atoms with Crippen molar-refractivity contribution in [1.82, 2.24) is 25.1 Å². The normalized spacial score (nSPS) is 16.2. The van der Waals surface area contributed by atoms with Crippen molar-refractivity contribution < 1.29 is 4.79 Å². The molecule has 1 saturated heterocycles. The molecule has 0 unspecified atom stereocenters. The Hall–Kier alpha value is -2.09. The third kappa shape index (κ3) is 3.69. The van der Waals surface area contributed by atoms with Crippen LogP contribution in [0.5, 0.6) is 0 Å². The van der Waals surface area contributed by atoms with Crippen LogP contribution in [0.2, 0.25) is 0 Å². The lowest BCUT2D eigenvalue weighted by atomic mass is 10.2. The van der Waals surface area contributed by atoms with E-state index in [9.17, 15) is 4.79 Å². The zero-order valence-corrected chi connectivity index (χ0v) is 14.8. The highest BCUT2D eigenvalue weighted by atomic mass is 32.2. The predicted octanol–water partition coefficient (Wildman–Crippen LogP) is 1.52. The van der Waals surface area contributed by atoms with Gasteiger partial charge in [-0.15, -0.1) is 5.10 Å². The van der Waals surface area contributed by atoms with Crippen LogP contribution in [0.4, 0.5) is 5.69 Å². The molecule has 128 valence electrons. The summed E-state index contributed by atoms with van der Waals surface area (Å²) in [7, 11) is 0. The molecule has 8 heteroatoms. The average molecular weight is 346 g/mol. The number of aromatic nitrogens is 4. The van der Waals surface area contributed by atoms with Gasteiger partial charge in [-0.1, -0.05) is 30.0 Å². The van der Waals surface area contributed by atoms with Crippen LogP contribution in [0.1, 0.15) is 13.8 Å². The third-order valence-corrected chi connectivity index (χ3v) is 5.20. The number of benzene rings is 1. The van der Waals surface area contributed by atoms with Crippen molar-refractivity contribution in [3.05, 3.63) is 30.3 Å². The van der Waals surface area contributed by atoms with Gasteiger partial charge in [-0.25, -0.2) is 4.68 Å². The van der Waals surface area contributed by atoms with Gasteiger partial charge in [0.05, 0.1) is 5.25 Å². The summed E-state index contributed by atoms with van der Waals surface area (Å²) in [4.78, 5) is 16.9. The minimum atomic E-state index is -0.190. The summed E-state index contributed by atoms with van der Waals surface area (Å²) in [5, 5.41) is 12.1. The fourth-order valence-electron chi connectivity index (χ4n) is 2.77. The van der Waals surface area contributed by atoms with E-state index in [2.05, 4.69) is 32.6 Å². The minimum Gasteiger partial charge on any atom is -0.368 e. The molecule has 1 atom stereocenters. The fraction of sp³-hybridized carbons (Fsp3) is 0.500. The number of thioether (sulfide) groups is 1. The lowest BCUT2D eigenvalue weighted by Gasteiger charge is -2.37. The monoisotopic (exact) mass is 346 g/mol. The molecule has 1 aromatic heterocycles. The second kappa shape index (κ2) is 7.65. The maximum atomic E-state index is 12.7. The van der Waals surface area contributed by atoms with Crippen LogP contribution >= 0.6 is 11.8 Å². The van der Waals surface area contributed by atoms with Gasteiger partial charge >= 0.3 is 0 Å². The zero-order valence-electron chi connectivity index (χ0n) is 14.0. The van der Waals surface area contributed by atoms with E-state index in [1.54, 1.807) is 4.68 Å². The molecule has 0 saturated carbocycles. The second-order valence-corrected chi connectivity index (χ2v) is 6.99. The number of aryl methyl sites for hydroxylation is 1. The molecule has 7 nitrogen and oxygen atoms in total. The number of hydrogen-bond donors (Lipinski definition) is 0. The molecule has 1 aliphatic rings. The van der Waals surface area contributed by atoms with Gasteiger partial charge in [0, 0.05) is 38.4 Å². The summed E-state index contributed by atoms with van der Waals surface area (Å²) >= 11 is 1.42. The first-order valence-corrected chi connectivity index (χ1v) is 9.08. The Morgan fingerprint density at radius 2 is 1.92 bits per heavy atom. The summed E-state index contributed by atoms with van der Waals surface area (Å²) < 4.78 is 1.71. The van der Waals surface area contributed by atoms with E-state index >= 15 is 0 Å². The number of hydrogen-bond acceptors (Lipinski definition) is 6. The van der Waals surface area contributed by atoms with Crippen molar-refractivity contribution in [2.24, 2.45) is 0 Å². The number of piperazine rings is 1. The Labute approximate surface area is 146 Å². The maximum absolute atomic E-state index is 12.7. The van der Waals surface area contributed by atoms with E-state index in [0.29, 0.717) is 11.7 Å². The van der Waals surface area contributed by atoms with Crippen molar-refractivity contribution in [2.45, 2.75) is 30.8 Å². The quantitative estimate of drug-likeness (QED) is 0.765. The molecule has 0 spiro atoms. The zero-order chi connectivity index (χ0) is 16.9. The molecule has 0 N–H and O–H groups in total. The van der Waals surface area contributed by atoms with Gasteiger partial charge in [-0.3, -0.25) is 4.79 Å². The van der Waals surface area contributed by atoms with Crippen LogP contribution in [0.25, 0.3) is 0 Å². The first kappa shape index (κ1) is 16.8. The van der Waals surface area contributed by atoms with Crippen LogP contribution in [0.15, 0.2) is 35.5 Å². The predicted molar refractivity (Wildman–Crippen MR) is 94.0 cm³/mol. The molecule has 24 heavy (non-hydrogen) atoms. The van der Waals surface area contributed by atoms with E-state index < -0.39 is 0 Å². The summed E-state index contributed by atoms with van der Waals surface area (Å²) in [6.07, 6.45) is 0. The Kier molecular flexibility index (Phi) is 5.34. The first-order valence-electron chi connectivity index (χ1n) is 8.20. The number of rotatable bonds is 5. The maximum Gasteiger partial charge on any atom is 0.236 e. The van der Waals surface area contributed by atoms with E-state index in [1.165, 1.54) is 17.4 Å². The van der Waals surface area contributed by atoms with E-state index in [-0.39, 0.29) is 11.2 Å². The smallest absolute Gasteiger partial charge is 0.236 e. The van der Waals surface area contributed by atoms with Crippen molar-refractivity contribution in [3.63, 3.8) is 0 Å². The van der Waals surface area contributed by atoms with Crippen LogP contribution in [-0.4, -0.2) is 62.4 Å². The van der Waals surface area contributed by atoms with Gasteiger partial charge in [0.1, 0.15) is 0 Å². The number of nitrogens with zero attached hydrogens (tertiary/aromatic N) is 6. The van der Waals surface area contributed by atoms with Gasteiger partial charge in [0.15, 0.2) is 0 Å². The molecule has 1 amide bonds. The standard InChI is InChI=1S/C16H22N6OS/c1-3-22-16(17-18-19-22)24-13(2)15(23)21-11-9-20(10-12-21)14-7-5-4-6-8-14/h4-8,13H,3,9-12H2,1-2H3/t13-/m0/s1. The van der Waals surface area contributed by atoms with Crippen LogP contribution in [-0.2, 0) is 11.3 Å². The molecule has 1 fully saturated rings. The van der Waals surface area contributed by atoms with Gasteiger partial charge in [-0.05, 0) is 36.4 Å². The van der Waals surface area contributed by atoms with Crippen LogP contribution in [0, 0.1) is 0 Å². The van der Waals surface area contributed by atoms with E-state index in [0.717, 1.165) is 26.2 Å². The number of amides is 1. The fourth-order valence-corrected chi connectivity index (χ4v) is 3.71. The minimum absolute atomic E-state index is 0.151. The van der Waals surface area contributed by atoms with Gasteiger partial charge in [0.25, 0.3) is 0 Å². The van der Waals surface area contributed by atoms with Gasteiger partial charge < -0.3 is 9.80 Å². The third-order valence-electron chi connectivity index (χ3n) is 4.14.